The number of rotatable bonds is 2. The Labute approximate surface area is 78.3 Å². The molecule has 2 nitrogen and oxygen atoms in total. The van der Waals surface area contributed by atoms with Crippen LogP contribution in [0.25, 0.3) is 0 Å². The second-order valence-corrected chi connectivity index (χ2v) is 2.72. The summed E-state index contributed by atoms with van der Waals surface area (Å²) in [5.74, 6) is -2.41. The SMILES string of the molecule is NCC(=O)c1c(F)ccc(F)c1Cl. The van der Waals surface area contributed by atoms with Crippen LogP contribution in [-0.4, -0.2) is 12.3 Å². The highest BCUT2D eigenvalue weighted by atomic mass is 35.5. The average Bonchev–Trinajstić information content (AvgIpc) is 2.12. The standard InChI is InChI=1S/C8H6ClF2NO/c9-8-5(11)2-1-4(10)7(8)6(13)3-12/h1-2H,3,12H2. The molecule has 1 rings (SSSR count). The van der Waals surface area contributed by atoms with Crippen molar-refractivity contribution in [2.45, 2.75) is 0 Å². The fourth-order valence-electron chi connectivity index (χ4n) is 0.885. The van der Waals surface area contributed by atoms with Crippen molar-refractivity contribution in [1.82, 2.24) is 0 Å². The number of hydrogen-bond donors (Lipinski definition) is 1. The molecule has 1 aromatic rings. The normalized spacial score (nSPS) is 10.2. The molecule has 0 heterocycles. The molecule has 13 heavy (non-hydrogen) atoms. The first-order chi connectivity index (χ1) is 6.07. The van der Waals surface area contributed by atoms with Crippen LogP contribution in [0.4, 0.5) is 8.78 Å². The minimum atomic E-state index is -0.859. The monoisotopic (exact) mass is 205 g/mol. The zero-order valence-corrected chi connectivity index (χ0v) is 7.24. The molecular weight excluding hydrogens is 200 g/mol. The molecule has 0 fully saturated rings. The van der Waals surface area contributed by atoms with Crippen LogP contribution in [-0.2, 0) is 0 Å². The first-order valence-electron chi connectivity index (χ1n) is 3.44. The Kier molecular flexibility index (Phi) is 2.95. The summed E-state index contributed by atoms with van der Waals surface area (Å²) < 4.78 is 25.7. The summed E-state index contributed by atoms with van der Waals surface area (Å²) in [4.78, 5) is 11.0. The highest BCUT2D eigenvalue weighted by Crippen LogP contribution is 2.22. The topological polar surface area (TPSA) is 43.1 Å². The van der Waals surface area contributed by atoms with Gasteiger partial charge in [0.2, 0.25) is 0 Å². The zero-order chi connectivity index (χ0) is 10.0. The highest BCUT2D eigenvalue weighted by Gasteiger charge is 2.17. The third kappa shape index (κ3) is 1.84. The Morgan fingerprint density at radius 2 is 1.92 bits per heavy atom. The van der Waals surface area contributed by atoms with Crippen LogP contribution < -0.4 is 5.73 Å². The number of carbonyl (C=O) groups excluding carboxylic acids is 1. The minimum Gasteiger partial charge on any atom is -0.324 e. The van der Waals surface area contributed by atoms with E-state index in [4.69, 9.17) is 17.3 Å². The molecule has 0 aromatic heterocycles. The van der Waals surface area contributed by atoms with Crippen molar-refractivity contribution in [1.29, 1.82) is 0 Å². The lowest BCUT2D eigenvalue weighted by Crippen LogP contribution is -2.16. The van der Waals surface area contributed by atoms with E-state index < -0.39 is 34.5 Å². The highest BCUT2D eigenvalue weighted by molar-refractivity contribution is 6.34. The minimum absolute atomic E-state index is 0.403. The molecular formula is C8H6ClF2NO. The van der Waals surface area contributed by atoms with Gasteiger partial charge in [0.15, 0.2) is 5.78 Å². The first kappa shape index (κ1) is 10.1. The predicted molar refractivity (Wildman–Crippen MR) is 44.8 cm³/mol. The molecule has 0 bridgehead atoms. The van der Waals surface area contributed by atoms with Crippen molar-refractivity contribution < 1.29 is 13.6 Å². The second-order valence-electron chi connectivity index (χ2n) is 2.35. The van der Waals surface area contributed by atoms with Gasteiger partial charge in [-0.3, -0.25) is 4.79 Å². The molecule has 0 aliphatic heterocycles. The van der Waals surface area contributed by atoms with Crippen molar-refractivity contribution in [3.8, 4) is 0 Å². The van der Waals surface area contributed by atoms with Crippen molar-refractivity contribution in [2.24, 2.45) is 5.73 Å². The lowest BCUT2D eigenvalue weighted by molar-refractivity contribution is 0.0997. The van der Waals surface area contributed by atoms with Gasteiger partial charge in [0, 0.05) is 0 Å². The summed E-state index contributed by atoms with van der Waals surface area (Å²) in [6.07, 6.45) is 0. The summed E-state index contributed by atoms with van der Waals surface area (Å²) in [6, 6.07) is 1.69. The average molecular weight is 206 g/mol. The fourth-order valence-corrected chi connectivity index (χ4v) is 1.14. The van der Waals surface area contributed by atoms with Crippen LogP contribution in [0.15, 0.2) is 12.1 Å². The molecule has 0 aliphatic rings. The predicted octanol–water partition coefficient (Wildman–Crippen LogP) is 1.76. The van der Waals surface area contributed by atoms with E-state index in [0.29, 0.717) is 0 Å². The number of ketones is 1. The number of halogens is 3. The molecule has 0 unspecified atom stereocenters. The Morgan fingerprint density at radius 1 is 1.38 bits per heavy atom. The molecule has 0 saturated carbocycles. The molecule has 1 aromatic carbocycles. The summed E-state index contributed by atoms with van der Waals surface area (Å²) >= 11 is 5.38. The van der Waals surface area contributed by atoms with E-state index in [0.717, 1.165) is 12.1 Å². The Hall–Kier alpha value is -1.00. The Balaban J connectivity index is 3.33. The van der Waals surface area contributed by atoms with Gasteiger partial charge in [0.05, 0.1) is 17.1 Å². The summed E-state index contributed by atoms with van der Waals surface area (Å²) in [5, 5.41) is -0.518. The van der Waals surface area contributed by atoms with E-state index >= 15 is 0 Å². The molecule has 0 radical (unpaired) electrons. The van der Waals surface area contributed by atoms with Gasteiger partial charge >= 0.3 is 0 Å². The maximum atomic E-state index is 12.9. The van der Waals surface area contributed by atoms with Crippen LogP contribution in [0.5, 0.6) is 0 Å². The van der Waals surface area contributed by atoms with Gasteiger partial charge in [-0.05, 0) is 12.1 Å². The molecule has 0 aliphatic carbocycles. The molecule has 70 valence electrons. The van der Waals surface area contributed by atoms with Crippen LogP contribution in [0.3, 0.4) is 0 Å². The summed E-state index contributed by atoms with van der Waals surface area (Å²) in [7, 11) is 0. The lowest BCUT2D eigenvalue weighted by Gasteiger charge is -2.03. The number of carbonyl (C=O) groups is 1. The van der Waals surface area contributed by atoms with Crippen LogP contribution >= 0.6 is 11.6 Å². The lowest BCUT2D eigenvalue weighted by atomic mass is 10.1. The van der Waals surface area contributed by atoms with Crippen LogP contribution in [0.2, 0.25) is 5.02 Å². The van der Waals surface area contributed by atoms with Gasteiger partial charge in [0.25, 0.3) is 0 Å². The molecule has 0 amide bonds. The summed E-state index contributed by atoms with van der Waals surface area (Å²) in [6.45, 7) is -0.403. The number of nitrogens with two attached hydrogens (primary N) is 1. The zero-order valence-electron chi connectivity index (χ0n) is 6.48. The first-order valence-corrected chi connectivity index (χ1v) is 3.82. The number of Topliss-reactive ketones (excluding diaryl/α,β-unsaturated/α-hetero) is 1. The molecule has 5 heteroatoms. The molecule has 2 N–H and O–H groups in total. The maximum absolute atomic E-state index is 12.9. The molecule has 0 atom stereocenters. The third-order valence-electron chi connectivity index (χ3n) is 1.51. The van der Waals surface area contributed by atoms with E-state index in [2.05, 4.69) is 0 Å². The van der Waals surface area contributed by atoms with Gasteiger partial charge in [-0.25, -0.2) is 8.78 Å². The molecule has 0 spiro atoms. The van der Waals surface area contributed by atoms with Crippen molar-refractivity contribution in [2.75, 3.05) is 6.54 Å². The van der Waals surface area contributed by atoms with Crippen molar-refractivity contribution in [3.63, 3.8) is 0 Å². The number of hydrogen-bond acceptors (Lipinski definition) is 2. The smallest absolute Gasteiger partial charge is 0.180 e. The van der Waals surface area contributed by atoms with Crippen LogP contribution in [0, 0.1) is 11.6 Å². The van der Waals surface area contributed by atoms with E-state index in [1.807, 2.05) is 0 Å². The Bertz CT molecular complexity index is 354. The quantitative estimate of drug-likeness (QED) is 0.591. The van der Waals surface area contributed by atoms with Crippen LogP contribution in [0.1, 0.15) is 10.4 Å². The van der Waals surface area contributed by atoms with Crippen molar-refractivity contribution in [3.05, 3.63) is 34.4 Å². The van der Waals surface area contributed by atoms with E-state index in [9.17, 15) is 13.6 Å². The molecule has 0 saturated heterocycles. The van der Waals surface area contributed by atoms with Gasteiger partial charge in [-0.1, -0.05) is 11.6 Å². The number of benzene rings is 1. The fraction of sp³-hybridized carbons (Fsp3) is 0.125. The van der Waals surface area contributed by atoms with Gasteiger partial charge in [-0.2, -0.15) is 0 Å². The van der Waals surface area contributed by atoms with E-state index in [1.165, 1.54) is 0 Å². The van der Waals surface area contributed by atoms with Gasteiger partial charge in [0.1, 0.15) is 11.6 Å². The largest absolute Gasteiger partial charge is 0.324 e. The van der Waals surface area contributed by atoms with Gasteiger partial charge < -0.3 is 5.73 Å². The maximum Gasteiger partial charge on any atom is 0.180 e. The second kappa shape index (κ2) is 3.81. The van der Waals surface area contributed by atoms with Crippen molar-refractivity contribution >= 4 is 17.4 Å². The summed E-state index contributed by atoms with van der Waals surface area (Å²) in [5.41, 5.74) is 4.51. The Morgan fingerprint density at radius 3 is 2.46 bits per heavy atom. The third-order valence-corrected chi connectivity index (χ3v) is 1.88. The van der Waals surface area contributed by atoms with E-state index in [-0.39, 0.29) is 0 Å². The van der Waals surface area contributed by atoms with Gasteiger partial charge in [-0.15, -0.1) is 0 Å². The van der Waals surface area contributed by atoms with E-state index in [1.54, 1.807) is 0 Å².